The number of H-pyrrole nitrogens is 1. The number of aromatic amines is 1. The standard InChI is InChI=1S/C106H162N20O23/c1-61(2)51-80(117-70(12)128)98(144)122-94(69(11)127)101(147)120-82(53-71-31-25-24-26-32-71)99(145)124-106(16)47-30-23-21-19-17-18-20-22-29-46-105(15,91(137)60-113-65(7)86(132)45-49-110-63(5)84(130)43-48-109-64(6)85(131)44-50-111-67(9)89(135)59-115-104(13,14)102(148)116-68(10)95(108)141)123-100(146)83(52-62(3)4)126-125-77(39-41-92(107)138)88(134)56-87(133)66(8)112-58-90(136)79(55-73-57-114-76-34-28-27-33-75(73)76)118-97(143)81(54-72-35-37-74(129)38-36-72)119-96(142)78(121-103(106)149)40-42-93(139)140/h18,20,24-28,31-38,57,61-69,77-83,94,109-115,125-127,129H,17,19,21-23,29-30,39-56,58-60H2,1-16H3,(H2,107,138)(H2,108,141)(H,116,148)(H,117,128)(H,118,143)(H,119,142)(H,120,147)(H,121,149)(H,122,144)(H,123,146)(H,124,145)(H,139,140)/b20-18+/t63-,64-,65-,66-,67-,68+,69+,77-,78-,79-,80-,81-,82-,83-,94-,105-,106+/m0/s1. The number of phenolic OH excluding ortho intramolecular Hbond substituents is 1. The highest BCUT2D eigenvalue weighted by Gasteiger charge is 2.43. The number of fused-ring (bicyclic) bond motifs is 1. The number of ketones is 8. The van der Waals surface area contributed by atoms with Crippen molar-refractivity contribution in [1.82, 2.24) is 95.6 Å². The summed E-state index contributed by atoms with van der Waals surface area (Å²) in [6.45, 7) is 24.2. The molecule has 17 atom stereocenters. The average Bonchev–Trinajstić information content (AvgIpc) is 1.76. The molecule has 43 nitrogen and oxygen atoms in total. The number of nitrogens with one attached hydrogen (secondary N) is 18. The molecule has 1 aromatic heterocycles. The van der Waals surface area contributed by atoms with Crippen molar-refractivity contribution in [2.24, 2.45) is 23.3 Å². The molecule has 149 heavy (non-hydrogen) atoms. The maximum atomic E-state index is 15.6. The van der Waals surface area contributed by atoms with Gasteiger partial charge in [0, 0.05) is 95.0 Å². The number of para-hydroxylation sites is 1. The molecule has 3 aromatic carbocycles. The van der Waals surface area contributed by atoms with Crippen LogP contribution < -0.4 is 102 Å². The predicted octanol–water partition coefficient (Wildman–Crippen LogP) is 1.46. The first kappa shape index (κ1) is 127. The van der Waals surface area contributed by atoms with E-state index in [9.17, 15) is 87.2 Å². The predicted molar refractivity (Wildman–Crippen MR) is 559 cm³/mol. The lowest BCUT2D eigenvalue weighted by Crippen LogP contribution is -2.65. The van der Waals surface area contributed by atoms with Gasteiger partial charge in [-0.2, -0.15) is 0 Å². The van der Waals surface area contributed by atoms with Gasteiger partial charge in [0.15, 0.2) is 46.3 Å². The zero-order valence-corrected chi connectivity index (χ0v) is 89.0. The summed E-state index contributed by atoms with van der Waals surface area (Å²) in [4.78, 5) is 282. The van der Waals surface area contributed by atoms with Gasteiger partial charge in [-0.15, -0.1) is 0 Å². The molecule has 0 aliphatic carbocycles. The number of hydrogen-bond donors (Lipinski definition) is 23. The van der Waals surface area contributed by atoms with Crippen molar-refractivity contribution in [3.63, 3.8) is 0 Å². The lowest BCUT2D eigenvalue weighted by molar-refractivity contribution is -0.140. The Balaban J connectivity index is 1.46. The first-order valence-corrected chi connectivity index (χ1v) is 51.5. The first-order valence-electron chi connectivity index (χ1n) is 51.5. The van der Waals surface area contributed by atoms with Gasteiger partial charge in [0.25, 0.3) is 0 Å². The third-order valence-electron chi connectivity index (χ3n) is 26.3. The lowest BCUT2D eigenvalue weighted by Gasteiger charge is -2.34. The van der Waals surface area contributed by atoms with Gasteiger partial charge in [0.05, 0.1) is 85.5 Å². The summed E-state index contributed by atoms with van der Waals surface area (Å²) in [7, 11) is 0. The average molecular weight is 2080 g/mol. The highest BCUT2D eigenvalue weighted by molar-refractivity contribution is 6.05. The molecule has 25 N–H and O–H groups in total. The van der Waals surface area contributed by atoms with Gasteiger partial charge < -0.3 is 106 Å². The molecule has 0 bridgehead atoms. The smallest absolute Gasteiger partial charge is 0.303 e. The number of rotatable bonds is 50. The Bertz CT molecular complexity index is 5220. The monoisotopic (exact) mass is 2080 g/mol. The number of carboxylic acids is 1. The second-order valence-corrected chi connectivity index (χ2v) is 40.8. The van der Waals surface area contributed by atoms with E-state index in [-0.39, 0.29) is 150 Å². The number of aliphatic hydroxyl groups is 1. The fourth-order valence-corrected chi connectivity index (χ4v) is 16.5. The van der Waals surface area contributed by atoms with Crippen LogP contribution in [0.4, 0.5) is 0 Å². The summed E-state index contributed by atoms with van der Waals surface area (Å²) in [5, 5.41) is 74.6. The van der Waals surface area contributed by atoms with Crippen LogP contribution >= 0.6 is 0 Å². The number of nitrogens with two attached hydrogens (primary N) is 2. The van der Waals surface area contributed by atoms with Crippen LogP contribution in [0.15, 0.2) is 97.2 Å². The number of primary amides is 2. The van der Waals surface area contributed by atoms with Crippen molar-refractivity contribution < 1.29 is 111 Å². The molecule has 5 rings (SSSR count). The van der Waals surface area contributed by atoms with Crippen molar-refractivity contribution >= 4 is 128 Å². The van der Waals surface area contributed by atoms with E-state index in [2.05, 4.69) is 95.6 Å². The number of carboxylic acid groups (broad SMARTS) is 1. The van der Waals surface area contributed by atoms with Crippen LogP contribution in [-0.2, 0) is 115 Å². The molecule has 824 valence electrons. The van der Waals surface area contributed by atoms with Crippen LogP contribution in [0.25, 0.3) is 10.9 Å². The lowest BCUT2D eigenvalue weighted by atomic mass is 9.88. The van der Waals surface area contributed by atoms with E-state index in [1.807, 2.05) is 39.8 Å². The van der Waals surface area contributed by atoms with Gasteiger partial charge in [0.1, 0.15) is 53.6 Å². The van der Waals surface area contributed by atoms with E-state index < -0.39 is 234 Å². The van der Waals surface area contributed by atoms with E-state index in [4.69, 9.17) is 11.5 Å². The summed E-state index contributed by atoms with van der Waals surface area (Å²) >= 11 is 0. The van der Waals surface area contributed by atoms with Crippen molar-refractivity contribution in [1.29, 1.82) is 0 Å². The Kier molecular flexibility index (Phi) is 54.0. The van der Waals surface area contributed by atoms with Gasteiger partial charge >= 0.3 is 5.97 Å². The Morgan fingerprint density at radius 3 is 1.67 bits per heavy atom. The number of aliphatic hydroxyl groups excluding tert-OH is 1. The molecule has 0 spiro atoms. The number of carbonyl (C=O) groups excluding carboxylic acids is 19. The zero-order valence-electron chi connectivity index (χ0n) is 89.0. The van der Waals surface area contributed by atoms with Crippen LogP contribution in [-0.4, -0.2) is 284 Å². The van der Waals surface area contributed by atoms with E-state index in [1.54, 1.807) is 109 Å². The molecule has 43 heteroatoms. The van der Waals surface area contributed by atoms with Crippen molar-refractivity contribution in [2.75, 3.05) is 39.3 Å². The Morgan fingerprint density at radius 2 is 1.09 bits per heavy atom. The minimum absolute atomic E-state index is 0.0332. The fraction of sp³-hybridized carbons (Fsp3) is 0.604. The first-order chi connectivity index (χ1) is 70.1. The molecule has 1 aliphatic heterocycles. The van der Waals surface area contributed by atoms with E-state index in [0.717, 1.165) is 0 Å². The highest BCUT2D eigenvalue weighted by Crippen LogP contribution is 2.25. The van der Waals surface area contributed by atoms with Crippen LogP contribution in [0.3, 0.4) is 0 Å². The number of carbonyl (C=O) groups is 20. The zero-order chi connectivity index (χ0) is 111. The Morgan fingerprint density at radius 1 is 0.523 bits per heavy atom. The van der Waals surface area contributed by atoms with Crippen molar-refractivity contribution in [3.05, 3.63) is 114 Å². The number of phenols is 1. The maximum absolute atomic E-state index is 15.6. The number of benzene rings is 3. The second-order valence-electron chi connectivity index (χ2n) is 40.8. The molecule has 0 fully saturated rings. The third kappa shape index (κ3) is 45.4. The number of amides is 11. The second kappa shape index (κ2) is 63.4. The number of hydrogen-bond acceptors (Lipinski definition) is 30. The molecule has 0 saturated heterocycles. The van der Waals surface area contributed by atoms with Crippen LogP contribution in [0.2, 0.25) is 0 Å². The molecule has 2 heterocycles. The summed E-state index contributed by atoms with van der Waals surface area (Å²) in [6.07, 6.45) is 3.36. The van der Waals surface area contributed by atoms with E-state index >= 15 is 24.0 Å². The van der Waals surface area contributed by atoms with Gasteiger partial charge in [-0.25, -0.2) is 10.9 Å². The number of allylic oxidation sites excluding steroid dienone is 2. The number of Topliss-reactive ketones (excluding diaryl/α,β-unsaturated/α-hetero) is 8. The van der Waals surface area contributed by atoms with E-state index in [0.29, 0.717) is 66.1 Å². The summed E-state index contributed by atoms with van der Waals surface area (Å²) in [6, 6.07) is 4.00. The molecule has 11 amide bonds. The van der Waals surface area contributed by atoms with E-state index in [1.165, 1.54) is 58.9 Å². The Hall–Kier alpha value is -12.6. The summed E-state index contributed by atoms with van der Waals surface area (Å²) < 4.78 is 0. The van der Waals surface area contributed by atoms with Gasteiger partial charge in [0.2, 0.25) is 65.0 Å². The molecule has 1 aliphatic rings. The van der Waals surface area contributed by atoms with Crippen LogP contribution in [0.1, 0.15) is 249 Å². The SMILES string of the molecule is CC(=O)N[C@@H](CC(C)C)C(=O)N[C@H](C(=O)N[C@@H](Cc1ccccc1)C(=O)N[C@]1(C)CCCCCC/C=C/CCC[C@@](C)(C(=O)CN[C@@H](C)C(=O)CCN[C@@H](C)C(=O)CCN[C@@H](C)C(=O)CCN[C@@H](C)C(=O)CNC(C)(C)C(=O)N[C@H](C)C(N)=O)NC(=O)[C@H](CC(C)C)NN[C@@H](CCC(N)=O)C(=O)CC(=O)[C@H](C)NCC(=O)[C@H](Cc2c[nH]c3ccccc23)NC(=O)[C@H](Cc2ccc(O)cc2)NC(=O)[C@H](CCC(=O)O)NC1=O)[C@@H](C)O. The molecule has 0 radical (unpaired) electrons. The summed E-state index contributed by atoms with van der Waals surface area (Å²) in [5.74, 6) is -14.8. The third-order valence-corrected chi connectivity index (χ3v) is 26.3. The molecule has 0 saturated carbocycles. The number of hydrazine groups is 1. The minimum atomic E-state index is -2.05. The van der Waals surface area contributed by atoms with Crippen molar-refractivity contribution in [3.8, 4) is 5.75 Å². The van der Waals surface area contributed by atoms with Gasteiger partial charge in [-0.1, -0.05) is 120 Å². The Labute approximate surface area is 872 Å². The van der Waals surface area contributed by atoms with Crippen molar-refractivity contribution in [2.45, 2.75) is 359 Å². The minimum Gasteiger partial charge on any atom is -0.508 e. The van der Waals surface area contributed by atoms with Crippen LogP contribution in [0, 0.1) is 11.8 Å². The number of aromatic nitrogens is 1. The number of aliphatic carboxylic acids is 1. The number of aromatic hydroxyl groups is 1. The highest BCUT2D eigenvalue weighted by atomic mass is 16.4. The molecular formula is C106H162N20O23. The van der Waals surface area contributed by atoms with Gasteiger partial charge in [-0.05, 0) is 187 Å². The normalized spacial score (nSPS) is 21.5. The molecule has 0 unspecified atom stereocenters. The fourth-order valence-electron chi connectivity index (χ4n) is 16.5. The molecular weight excluding hydrogens is 1920 g/mol. The molecule has 4 aromatic rings. The topological polar surface area (TPSA) is 674 Å². The van der Waals surface area contributed by atoms with Gasteiger partial charge in [-0.3, -0.25) is 101 Å². The summed E-state index contributed by atoms with van der Waals surface area (Å²) in [5.41, 5.74) is 13.9. The maximum Gasteiger partial charge on any atom is 0.303 e. The van der Waals surface area contributed by atoms with Crippen LogP contribution in [0.5, 0.6) is 5.75 Å². The quantitative estimate of drug-likeness (QED) is 0.0220. The largest absolute Gasteiger partial charge is 0.508 e.